The molecule has 0 aliphatic carbocycles. The molecule has 0 bridgehead atoms. The van der Waals surface area contributed by atoms with E-state index in [0.717, 1.165) is 24.9 Å². The van der Waals surface area contributed by atoms with Gasteiger partial charge in [0, 0.05) is 25.2 Å². The monoisotopic (exact) mass is 323 g/mol. The average Bonchev–Trinajstić information content (AvgIpc) is 2.49. The third kappa shape index (κ3) is 4.71. The minimum atomic E-state index is -0.272. The number of benzene rings is 1. The smallest absolute Gasteiger partial charge is 0.236 e. The number of rotatable bonds is 5. The molecule has 1 fully saturated rings. The summed E-state index contributed by atoms with van der Waals surface area (Å²) in [7, 11) is 1.78. The second-order valence-corrected chi connectivity index (χ2v) is 6.29. The Morgan fingerprint density at radius 3 is 2.68 bits per heavy atom. The molecule has 1 aromatic rings. The Bertz CT molecular complexity index is 533. The zero-order valence-electron chi connectivity index (χ0n) is 12.8. The van der Waals surface area contributed by atoms with Crippen LogP contribution in [-0.2, 0) is 16.1 Å². The van der Waals surface area contributed by atoms with Gasteiger partial charge < -0.3 is 10.6 Å². The number of hydrogen-bond acceptors (Lipinski definition) is 3. The molecule has 1 aliphatic rings. The Hall–Kier alpha value is -1.59. The van der Waals surface area contributed by atoms with Gasteiger partial charge in [0.2, 0.25) is 11.8 Å². The van der Waals surface area contributed by atoms with Crippen LogP contribution in [0.15, 0.2) is 24.3 Å². The van der Waals surface area contributed by atoms with Crippen molar-refractivity contribution >= 4 is 23.4 Å². The van der Waals surface area contributed by atoms with Gasteiger partial charge in [-0.2, -0.15) is 0 Å². The molecule has 2 amide bonds. The Kier molecular flexibility index (Phi) is 5.80. The summed E-state index contributed by atoms with van der Waals surface area (Å²) in [5.41, 5.74) is 6.40. The third-order valence-electron chi connectivity index (χ3n) is 4.03. The summed E-state index contributed by atoms with van der Waals surface area (Å²) < 4.78 is 0. The van der Waals surface area contributed by atoms with Gasteiger partial charge in [-0.3, -0.25) is 14.5 Å². The number of piperidine rings is 1. The first-order valence-electron chi connectivity index (χ1n) is 7.46. The lowest BCUT2D eigenvalue weighted by Gasteiger charge is -2.31. The van der Waals surface area contributed by atoms with Crippen LogP contribution in [0.5, 0.6) is 0 Å². The standard InChI is InChI=1S/C16H22ClN3O2/c1-19(9-12-4-6-14(17)7-5-12)15(21)11-20-8-2-3-13(10-20)16(18)22/h4-7,13H,2-3,8-11H2,1H3,(H2,18,22)/t13-/m1/s1. The van der Waals surface area contributed by atoms with Crippen molar-refractivity contribution in [2.24, 2.45) is 11.7 Å². The number of carbonyl (C=O) groups is 2. The summed E-state index contributed by atoms with van der Waals surface area (Å²) in [6, 6.07) is 7.46. The SMILES string of the molecule is CN(Cc1ccc(Cl)cc1)C(=O)CN1CCC[C@@H](C(N)=O)C1. The quantitative estimate of drug-likeness (QED) is 0.893. The van der Waals surface area contributed by atoms with E-state index >= 15 is 0 Å². The number of amides is 2. The number of likely N-dealkylation sites (tertiary alicyclic amines) is 1. The van der Waals surface area contributed by atoms with Crippen LogP contribution in [0.2, 0.25) is 5.02 Å². The van der Waals surface area contributed by atoms with E-state index in [4.69, 9.17) is 17.3 Å². The fourth-order valence-corrected chi connectivity index (χ4v) is 2.82. The highest BCUT2D eigenvalue weighted by Crippen LogP contribution is 2.16. The summed E-state index contributed by atoms with van der Waals surface area (Å²) in [6.07, 6.45) is 1.72. The normalized spacial score (nSPS) is 18.9. The first kappa shape index (κ1) is 16.8. The number of primary amides is 1. The Balaban J connectivity index is 1.85. The topological polar surface area (TPSA) is 66.6 Å². The van der Waals surface area contributed by atoms with Crippen LogP contribution in [0.4, 0.5) is 0 Å². The average molecular weight is 324 g/mol. The van der Waals surface area contributed by atoms with Crippen LogP contribution in [0.25, 0.3) is 0 Å². The lowest BCUT2D eigenvalue weighted by Crippen LogP contribution is -2.45. The van der Waals surface area contributed by atoms with Crippen molar-refractivity contribution in [3.05, 3.63) is 34.9 Å². The lowest BCUT2D eigenvalue weighted by atomic mass is 9.97. The zero-order chi connectivity index (χ0) is 16.1. The summed E-state index contributed by atoms with van der Waals surface area (Å²) in [5, 5.41) is 0.684. The van der Waals surface area contributed by atoms with E-state index in [0.29, 0.717) is 24.7 Å². The van der Waals surface area contributed by atoms with E-state index in [2.05, 4.69) is 0 Å². The van der Waals surface area contributed by atoms with Crippen molar-refractivity contribution in [1.82, 2.24) is 9.80 Å². The molecule has 1 aromatic carbocycles. The second kappa shape index (κ2) is 7.61. The molecule has 1 atom stereocenters. The van der Waals surface area contributed by atoms with Crippen LogP contribution >= 0.6 is 11.6 Å². The maximum atomic E-state index is 12.3. The van der Waals surface area contributed by atoms with Crippen LogP contribution in [0.1, 0.15) is 18.4 Å². The number of carbonyl (C=O) groups excluding carboxylic acids is 2. The summed E-state index contributed by atoms with van der Waals surface area (Å²) >= 11 is 5.85. The molecule has 0 aromatic heterocycles. The van der Waals surface area contributed by atoms with Crippen molar-refractivity contribution in [3.8, 4) is 0 Å². The summed E-state index contributed by atoms with van der Waals surface area (Å²) in [4.78, 5) is 27.3. The first-order chi connectivity index (χ1) is 10.5. The van der Waals surface area contributed by atoms with Gasteiger partial charge in [-0.1, -0.05) is 23.7 Å². The van der Waals surface area contributed by atoms with Gasteiger partial charge in [0.1, 0.15) is 0 Å². The number of nitrogens with zero attached hydrogens (tertiary/aromatic N) is 2. The van der Waals surface area contributed by atoms with Crippen LogP contribution in [0.3, 0.4) is 0 Å². The van der Waals surface area contributed by atoms with E-state index in [-0.39, 0.29) is 17.7 Å². The van der Waals surface area contributed by atoms with E-state index in [1.54, 1.807) is 11.9 Å². The maximum absolute atomic E-state index is 12.3. The Labute approximate surface area is 136 Å². The van der Waals surface area contributed by atoms with Gasteiger partial charge >= 0.3 is 0 Å². The molecule has 1 heterocycles. The lowest BCUT2D eigenvalue weighted by molar-refractivity contribution is -0.133. The highest BCUT2D eigenvalue weighted by molar-refractivity contribution is 6.30. The van der Waals surface area contributed by atoms with E-state index < -0.39 is 0 Å². The highest BCUT2D eigenvalue weighted by Gasteiger charge is 2.25. The largest absolute Gasteiger partial charge is 0.369 e. The number of likely N-dealkylation sites (N-methyl/N-ethyl adjacent to an activating group) is 1. The number of nitrogens with two attached hydrogens (primary N) is 1. The Morgan fingerprint density at radius 2 is 2.05 bits per heavy atom. The molecule has 2 N–H and O–H groups in total. The molecule has 22 heavy (non-hydrogen) atoms. The molecule has 5 nitrogen and oxygen atoms in total. The van der Waals surface area contributed by atoms with Crippen molar-refractivity contribution < 1.29 is 9.59 Å². The molecule has 0 saturated carbocycles. The van der Waals surface area contributed by atoms with Gasteiger partial charge in [0.15, 0.2) is 0 Å². The minimum Gasteiger partial charge on any atom is -0.369 e. The molecule has 2 rings (SSSR count). The van der Waals surface area contributed by atoms with E-state index in [1.807, 2.05) is 29.2 Å². The number of hydrogen-bond donors (Lipinski definition) is 1. The van der Waals surface area contributed by atoms with Gasteiger partial charge in [0.05, 0.1) is 12.5 Å². The molecular formula is C16H22ClN3O2. The van der Waals surface area contributed by atoms with Crippen molar-refractivity contribution in [2.75, 3.05) is 26.7 Å². The third-order valence-corrected chi connectivity index (χ3v) is 4.28. The molecule has 0 unspecified atom stereocenters. The fourth-order valence-electron chi connectivity index (χ4n) is 2.70. The van der Waals surface area contributed by atoms with E-state index in [9.17, 15) is 9.59 Å². The van der Waals surface area contributed by atoms with Crippen LogP contribution < -0.4 is 5.73 Å². The van der Waals surface area contributed by atoms with Crippen LogP contribution in [-0.4, -0.2) is 48.3 Å². The molecule has 6 heteroatoms. The summed E-state index contributed by atoms with van der Waals surface area (Å²) in [6.45, 7) is 2.29. The minimum absolute atomic E-state index is 0.0417. The molecule has 0 radical (unpaired) electrons. The molecule has 1 aliphatic heterocycles. The second-order valence-electron chi connectivity index (χ2n) is 5.85. The van der Waals surface area contributed by atoms with E-state index in [1.165, 1.54) is 0 Å². The molecular weight excluding hydrogens is 302 g/mol. The molecule has 120 valence electrons. The van der Waals surface area contributed by atoms with Crippen molar-refractivity contribution in [3.63, 3.8) is 0 Å². The summed E-state index contributed by atoms with van der Waals surface area (Å²) in [5.74, 6) is -0.366. The van der Waals surface area contributed by atoms with Crippen molar-refractivity contribution in [1.29, 1.82) is 0 Å². The van der Waals surface area contributed by atoms with Crippen molar-refractivity contribution in [2.45, 2.75) is 19.4 Å². The Morgan fingerprint density at radius 1 is 1.36 bits per heavy atom. The molecule has 1 saturated heterocycles. The molecule has 0 spiro atoms. The highest BCUT2D eigenvalue weighted by atomic mass is 35.5. The van der Waals surface area contributed by atoms with Gasteiger partial charge in [-0.05, 0) is 37.1 Å². The van der Waals surface area contributed by atoms with Crippen LogP contribution in [0, 0.1) is 5.92 Å². The predicted molar refractivity (Wildman–Crippen MR) is 86.3 cm³/mol. The predicted octanol–water partition coefficient (Wildman–Crippen LogP) is 1.50. The number of halogens is 1. The van der Waals surface area contributed by atoms with Gasteiger partial charge in [0.25, 0.3) is 0 Å². The maximum Gasteiger partial charge on any atom is 0.236 e. The fraction of sp³-hybridized carbons (Fsp3) is 0.500. The first-order valence-corrected chi connectivity index (χ1v) is 7.83. The van der Waals surface area contributed by atoms with Gasteiger partial charge in [-0.15, -0.1) is 0 Å². The zero-order valence-corrected chi connectivity index (χ0v) is 13.6. The van der Waals surface area contributed by atoms with Gasteiger partial charge in [-0.25, -0.2) is 0 Å².